The molecular weight excluding hydrogens is 210 g/mol. The van der Waals surface area contributed by atoms with Crippen molar-refractivity contribution in [1.82, 2.24) is 0 Å². The van der Waals surface area contributed by atoms with Gasteiger partial charge in [0.15, 0.2) is 0 Å². The second kappa shape index (κ2) is 4.94. The Morgan fingerprint density at radius 1 is 1.38 bits per heavy atom. The lowest BCUT2D eigenvalue weighted by atomic mass is 10.1. The summed E-state index contributed by atoms with van der Waals surface area (Å²) in [6.45, 7) is 1.23. The van der Waals surface area contributed by atoms with Crippen LogP contribution in [0.4, 0.5) is 0 Å². The summed E-state index contributed by atoms with van der Waals surface area (Å²) >= 11 is 0. The lowest BCUT2D eigenvalue weighted by molar-refractivity contribution is -0.131. The maximum Gasteiger partial charge on any atom is 0.337 e. The van der Waals surface area contributed by atoms with Crippen molar-refractivity contribution < 1.29 is 19.1 Å². The highest BCUT2D eigenvalue weighted by Crippen LogP contribution is 2.19. The number of rotatable bonds is 2. The molecule has 16 heavy (non-hydrogen) atoms. The van der Waals surface area contributed by atoms with Crippen LogP contribution in [0.1, 0.15) is 22.8 Å². The summed E-state index contributed by atoms with van der Waals surface area (Å²) in [5, 5.41) is 8.82. The van der Waals surface area contributed by atoms with E-state index in [-0.39, 0.29) is 16.9 Å². The summed E-state index contributed by atoms with van der Waals surface area (Å²) in [4.78, 5) is 21.9. The second-order valence-corrected chi connectivity index (χ2v) is 2.91. The van der Waals surface area contributed by atoms with E-state index in [0.717, 1.165) is 0 Å². The van der Waals surface area contributed by atoms with Crippen LogP contribution in [0, 0.1) is 11.3 Å². The van der Waals surface area contributed by atoms with E-state index in [4.69, 9.17) is 10.00 Å². The van der Waals surface area contributed by atoms with Crippen molar-refractivity contribution in [2.75, 3.05) is 7.11 Å². The van der Waals surface area contributed by atoms with Gasteiger partial charge >= 0.3 is 11.9 Å². The number of esters is 2. The van der Waals surface area contributed by atoms with Crippen molar-refractivity contribution in [3.8, 4) is 11.8 Å². The van der Waals surface area contributed by atoms with E-state index >= 15 is 0 Å². The van der Waals surface area contributed by atoms with Crippen molar-refractivity contribution in [2.45, 2.75) is 6.92 Å². The summed E-state index contributed by atoms with van der Waals surface area (Å²) in [6.07, 6.45) is 0. The fourth-order valence-electron chi connectivity index (χ4n) is 1.11. The zero-order chi connectivity index (χ0) is 12.1. The lowest BCUT2D eigenvalue weighted by Gasteiger charge is -2.05. The average molecular weight is 219 g/mol. The number of nitrogens with zero attached hydrogens (tertiary/aromatic N) is 1. The van der Waals surface area contributed by atoms with Crippen molar-refractivity contribution in [3.05, 3.63) is 29.3 Å². The molecule has 0 saturated carbocycles. The van der Waals surface area contributed by atoms with E-state index in [1.807, 2.05) is 6.07 Å². The van der Waals surface area contributed by atoms with Gasteiger partial charge in [-0.25, -0.2) is 4.79 Å². The van der Waals surface area contributed by atoms with Gasteiger partial charge in [0.1, 0.15) is 11.8 Å². The molecule has 0 unspecified atom stereocenters. The van der Waals surface area contributed by atoms with Crippen LogP contribution in [0.25, 0.3) is 0 Å². The van der Waals surface area contributed by atoms with Gasteiger partial charge in [0.2, 0.25) is 0 Å². The topological polar surface area (TPSA) is 76.4 Å². The highest BCUT2D eigenvalue weighted by atomic mass is 16.5. The number of methoxy groups -OCH3 is 1. The van der Waals surface area contributed by atoms with E-state index in [0.29, 0.717) is 0 Å². The van der Waals surface area contributed by atoms with E-state index in [9.17, 15) is 9.59 Å². The molecule has 0 aliphatic heterocycles. The first-order valence-corrected chi connectivity index (χ1v) is 4.39. The Hall–Kier alpha value is -2.35. The molecule has 5 nitrogen and oxygen atoms in total. The van der Waals surface area contributed by atoms with E-state index in [2.05, 4.69) is 4.74 Å². The van der Waals surface area contributed by atoms with Crippen molar-refractivity contribution in [2.24, 2.45) is 0 Å². The summed E-state index contributed by atoms with van der Waals surface area (Å²) < 4.78 is 9.29. The fraction of sp³-hybridized carbons (Fsp3) is 0.182. The van der Waals surface area contributed by atoms with E-state index in [1.165, 1.54) is 32.2 Å². The van der Waals surface area contributed by atoms with Crippen LogP contribution in [0.2, 0.25) is 0 Å². The summed E-state index contributed by atoms with van der Waals surface area (Å²) in [7, 11) is 1.24. The molecule has 5 heteroatoms. The molecule has 0 aliphatic carbocycles. The summed E-state index contributed by atoms with van der Waals surface area (Å²) in [5.41, 5.74) is 0.341. The zero-order valence-electron chi connectivity index (χ0n) is 8.81. The molecule has 0 fully saturated rings. The molecule has 0 aliphatic rings. The number of nitriles is 1. The Bertz CT molecular complexity index is 473. The predicted octanol–water partition coefficient (Wildman–Crippen LogP) is 1.27. The molecule has 1 aromatic rings. The number of carbonyl (C=O) groups excluding carboxylic acids is 2. The molecule has 0 amide bonds. The third kappa shape index (κ3) is 2.58. The molecule has 0 aromatic heterocycles. The SMILES string of the molecule is COC(=O)c1ccc(OC(C)=O)c(C#N)c1. The standard InChI is InChI=1S/C11H9NO4/c1-7(13)16-10-4-3-8(11(14)15-2)5-9(10)6-12/h3-5H,1-2H3. The van der Waals surface area contributed by atoms with Crippen LogP contribution in [0.5, 0.6) is 5.75 Å². The highest BCUT2D eigenvalue weighted by Gasteiger charge is 2.11. The van der Waals surface area contributed by atoms with Gasteiger partial charge in [-0.1, -0.05) is 0 Å². The molecule has 0 atom stereocenters. The average Bonchev–Trinajstić information content (AvgIpc) is 2.27. The van der Waals surface area contributed by atoms with Crippen molar-refractivity contribution in [3.63, 3.8) is 0 Å². The second-order valence-electron chi connectivity index (χ2n) is 2.91. The summed E-state index contributed by atoms with van der Waals surface area (Å²) in [5.74, 6) is -0.948. The monoisotopic (exact) mass is 219 g/mol. The summed E-state index contributed by atoms with van der Waals surface area (Å²) in [6, 6.07) is 5.95. The van der Waals surface area contributed by atoms with Crippen LogP contribution < -0.4 is 4.74 Å². The first-order valence-electron chi connectivity index (χ1n) is 4.39. The van der Waals surface area contributed by atoms with Gasteiger partial charge < -0.3 is 9.47 Å². The minimum atomic E-state index is -0.550. The molecule has 82 valence electrons. The van der Waals surface area contributed by atoms with Crippen LogP contribution in [-0.2, 0) is 9.53 Å². The number of carbonyl (C=O) groups is 2. The zero-order valence-corrected chi connectivity index (χ0v) is 8.81. The van der Waals surface area contributed by atoms with Gasteiger partial charge in [-0.05, 0) is 18.2 Å². The van der Waals surface area contributed by atoms with Gasteiger partial charge in [-0.3, -0.25) is 4.79 Å². The minimum Gasteiger partial charge on any atom is -0.465 e. The largest absolute Gasteiger partial charge is 0.465 e. The van der Waals surface area contributed by atoms with Crippen molar-refractivity contribution in [1.29, 1.82) is 5.26 Å². The van der Waals surface area contributed by atoms with E-state index < -0.39 is 11.9 Å². The Labute approximate surface area is 92.2 Å². The van der Waals surface area contributed by atoms with Gasteiger partial charge in [-0.2, -0.15) is 5.26 Å². The first-order chi connectivity index (χ1) is 7.58. The predicted molar refractivity (Wildman–Crippen MR) is 53.8 cm³/mol. The van der Waals surface area contributed by atoms with Crippen molar-refractivity contribution >= 4 is 11.9 Å². The van der Waals surface area contributed by atoms with Gasteiger partial charge in [0, 0.05) is 6.92 Å². The molecule has 1 rings (SSSR count). The Morgan fingerprint density at radius 2 is 2.06 bits per heavy atom. The highest BCUT2D eigenvalue weighted by molar-refractivity contribution is 5.90. The normalized spacial score (nSPS) is 9.06. The number of ether oxygens (including phenoxy) is 2. The molecular formula is C11H9NO4. The number of benzene rings is 1. The maximum absolute atomic E-state index is 11.2. The molecule has 0 radical (unpaired) electrons. The van der Waals surface area contributed by atoms with Gasteiger partial charge in [0.25, 0.3) is 0 Å². The van der Waals surface area contributed by atoms with Crippen LogP contribution in [0.15, 0.2) is 18.2 Å². The van der Waals surface area contributed by atoms with Gasteiger partial charge in [-0.15, -0.1) is 0 Å². The smallest absolute Gasteiger partial charge is 0.337 e. The Morgan fingerprint density at radius 3 is 2.56 bits per heavy atom. The molecule has 0 heterocycles. The number of hydrogen-bond donors (Lipinski definition) is 0. The Kier molecular flexibility index (Phi) is 3.62. The molecule has 0 spiro atoms. The molecule has 0 saturated heterocycles. The number of hydrogen-bond acceptors (Lipinski definition) is 5. The quantitative estimate of drug-likeness (QED) is 0.553. The molecule has 0 bridgehead atoms. The van der Waals surface area contributed by atoms with E-state index in [1.54, 1.807) is 0 Å². The minimum absolute atomic E-state index is 0.109. The van der Waals surface area contributed by atoms with Gasteiger partial charge in [0.05, 0.1) is 18.2 Å². The molecule has 1 aromatic carbocycles. The first kappa shape index (κ1) is 11.7. The van der Waals surface area contributed by atoms with Crippen LogP contribution in [0.3, 0.4) is 0 Å². The Balaban J connectivity index is 3.12. The lowest BCUT2D eigenvalue weighted by Crippen LogP contribution is -2.05. The third-order valence-corrected chi connectivity index (χ3v) is 1.77. The maximum atomic E-state index is 11.2. The third-order valence-electron chi connectivity index (χ3n) is 1.77. The van der Waals surface area contributed by atoms with Crippen LogP contribution in [-0.4, -0.2) is 19.0 Å². The van der Waals surface area contributed by atoms with Crippen LogP contribution >= 0.6 is 0 Å². The molecule has 0 N–H and O–H groups in total. The fourth-order valence-corrected chi connectivity index (χ4v) is 1.11.